The summed E-state index contributed by atoms with van der Waals surface area (Å²) in [5.41, 5.74) is -8.74. The average Bonchev–Trinajstić information content (AvgIpc) is 2.57. The van der Waals surface area contributed by atoms with E-state index in [2.05, 4.69) is 0 Å². The van der Waals surface area contributed by atoms with Crippen LogP contribution < -0.4 is 0 Å². The zero-order valence-corrected chi connectivity index (χ0v) is 16.7. The second-order valence-electron chi connectivity index (χ2n) is 6.21. The Labute approximate surface area is 182 Å². The number of aliphatic hydroxyl groups is 1. The van der Waals surface area contributed by atoms with Crippen LogP contribution in [0.1, 0.15) is 6.42 Å². The molecule has 33 heavy (non-hydrogen) atoms. The van der Waals surface area contributed by atoms with Crippen LogP contribution in [0.4, 0.5) is 83.4 Å². The quantitative estimate of drug-likeness (QED) is 0.165. The number of rotatable bonds is 9. The second-order valence-corrected chi connectivity index (χ2v) is 7.98. The molecule has 0 bridgehead atoms. The van der Waals surface area contributed by atoms with E-state index in [1.165, 1.54) is 0 Å². The topological polar surface area (TPSA) is 20.2 Å². The predicted octanol–water partition coefficient (Wildman–Crippen LogP) is 6.82. The molecule has 0 fully saturated rings. The van der Waals surface area contributed by atoms with Crippen LogP contribution in [0, 0.1) is 0 Å². The smallest absolute Gasteiger partial charge is 0.395 e. The molecule has 0 aromatic carbocycles. The standard InChI is InChI=1S/C12H6F19IO/c13-4(14,1-3(32)2-33)6(16,17)8(20,21)10(24,25)9(22,23)7(18,19)5(15,11(26,27)28)12(29,30)31/h3,33H,1-2H2. The fourth-order valence-corrected chi connectivity index (χ4v) is 2.58. The maximum absolute atomic E-state index is 13.5. The Hall–Kier alpha value is -0.640. The largest absolute Gasteiger partial charge is 0.438 e. The summed E-state index contributed by atoms with van der Waals surface area (Å²) in [7, 11) is 0. The lowest BCUT2D eigenvalue weighted by atomic mass is 9.83. The Morgan fingerprint density at radius 2 is 0.758 bits per heavy atom. The Kier molecular flexibility index (Phi) is 8.32. The molecule has 0 spiro atoms. The highest BCUT2D eigenvalue weighted by atomic mass is 127. The van der Waals surface area contributed by atoms with Crippen molar-refractivity contribution in [2.24, 2.45) is 0 Å². The van der Waals surface area contributed by atoms with E-state index in [4.69, 9.17) is 5.11 Å². The molecule has 1 N–H and O–H groups in total. The lowest BCUT2D eigenvalue weighted by Crippen LogP contribution is -2.77. The molecule has 0 saturated heterocycles. The van der Waals surface area contributed by atoms with Crippen LogP contribution in [0.5, 0.6) is 0 Å². The number of aliphatic hydroxyl groups excluding tert-OH is 1. The van der Waals surface area contributed by atoms with Crippen molar-refractivity contribution in [3.05, 3.63) is 0 Å². The third-order valence-corrected chi connectivity index (χ3v) is 4.76. The Balaban J connectivity index is 7.00. The Bertz CT molecular complexity index is 678. The van der Waals surface area contributed by atoms with Gasteiger partial charge in [-0.2, -0.15) is 79.0 Å². The summed E-state index contributed by atoms with van der Waals surface area (Å²) < 4.78 is 246. The van der Waals surface area contributed by atoms with Gasteiger partial charge in [-0.3, -0.25) is 0 Å². The summed E-state index contributed by atoms with van der Waals surface area (Å²) in [4.78, 5) is 0. The van der Waals surface area contributed by atoms with Gasteiger partial charge in [0.15, 0.2) is 0 Å². The monoisotopic (exact) mass is 654 g/mol. The van der Waals surface area contributed by atoms with Gasteiger partial charge in [0.25, 0.3) is 0 Å². The summed E-state index contributed by atoms with van der Waals surface area (Å²) in [6, 6.07) is 0. The Morgan fingerprint density at radius 1 is 0.485 bits per heavy atom. The highest BCUT2D eigenvalue weighted by Crippen LogP contribution is 2.66. The summed E-state index contributed by atoms with van der Waals surface area (Å²) in [5, 5.41) is 8.41. The number of hydrogen-bond donors (Lipinski definition) is 1. The third-order valence-electron chi connectivity index (χ3n) is 3.93. The van der Waals surface area contributed by atoms with E-state index in [9.17, 15) is 83.4 Å². The molecule has 21 heteroatoms. The van der Waals surface area contributed by atoms with Gasteiger partial charge in [-0.1, -0.05) is 22.6 Å². The van der Waals surface area contributed by atoms with Crippen molar-refractivity contribution in [2.45, 2.75) is 63.9 Å². The highest BCUT2D eigenvalue weighted by Gasteiger charge is 2.98. The molecule has 1 unspecified atom stereocenters. The van der Waals surface area contributed by atoms with Gasteiger partial charge in [-0.15, -0.1) is 0 Å². The van der Waals surface area contributed by atoms with Crippen molar-refractivity contribution in [2.75, 3.05) is 6.61 Å². The van der Waals surface area contributed by atoms with E-state index >= 15 is 0 Å². The lowest BCUT2D eigenvalue weighted by Gasteiger charge is -2.45. The van der Waals surface area contributed by atoms with Crippen LogP contribution in [0.15, 0.2) is 0 Å². The molecule has 1 nitrogen and oxygen atoms in total. The van der Waals surface area contributed by atoms with Crippen molar-refractivity contribution in [1.29, 1.82) is 0 Å². The molecule has 0 aliphatic heterocycles. The first kappa shape index (κ1) is 32.4. The second kappa shape index (κ2) is 8.49. The highest BCUT2D eigenvalue weighted by molar-refractivity contribution is 14.1. The number of hydrogen-bond acceptors (Lipinski definition) is 1. The lowest BCUT2D eigenvalue weighted by molar-refractivity contribution is -0.472. The number of halogens is 20. The fraction of sp³-hybridized carbons (Fsp3) is 1.00. The van der Waals surface area contributed by atoms with Gasteiger partial charge >= 0.3 is 53.6 Å². The molecule has 1 atom stereocenters. The van der Waals surface area contributed by atoms with Crippen LogP contribution >= 0.6 is 22.6 Å². The van der Waals surface area contributed by atoms with Crippen LogP contribution in [0.3, 0.4) is 0 Å². The zero-order valence-electron chi connectivity index (χ0n) is 14.5. The summed E-state index contributed by atoms with van der Waals surface area (Å²) in [5.74, 6) is -49.8. The molecule has 200 valence electrons. The van der Waals surface area contributed by atoms with Gasteiger partial charge in [0, 0.05) is 10.3 Å². The minimum Gasteiger partial charge on any atom is -0.395 e. The maximum Gasteiger partial charge on any atom is 0.438 e. The van der Waals surface area contributed by atoms with Crippen LogP contribution in [-0.2, 0) is 0 Å². The van der Waals surface area contributed by atoms with Crippen LogP contribution in [0.2, 0.25) is 0 Å². The first-order chi connectivity index (χ1) is 14.0. The van der Waals surface area contributed by atoms with Crippen molar-refractivity contribution in [1.82, 2.24) is 0 Å². The van der Waals surface area contributed by atoms with Crippen LogP contribution in [0.25, 0.3) is 0 Å². The molecule has 0 aliphatic carbocycles. The van der Waals surface area contributed by atoms with Crippen molar-refractivity contribution < 1.29 is 88.5 Å². The molecule has 0 aliphatic rings. The minimum atomic E-state index is -9.01. The maximum atomic E-state index is 13.5. The molecular formula is C12H6F19IO. The van der Waals surface area contributed by atoms with E-state index in [-0.39, 0.29) is 0 Å². The molecule has 0 aromatic heterocycles. The van der Waals surface area contributed by atoms with E-state index in [1.807, 2.05) is 0 Å². The van der Waals surface area contributed by atoms with Gasteiger partial charge in [0.1, 0.15) is 0 Å². The van der Waals surface area contributed by atoms with Gasteiger partial charge in [0.2, 0.25) is 0 Å². The minimum absolute atomic E-state index is 0.613. The van der Waals surface area contributed by atoms with Gasteiger partial charge in [-0.05, 0) is 0 Å². The summed E-state index contributed by atoms with van der Waals surface area (Å²) >= 11 is 0.613. The van der Waals surface area contributed by atoms with Crippen molar-refractivity contribution in [3.8, 4) is 0 Å². The zero-order chi connectivity index (χ0) is 27.5. The Morgan fingerprint density at radius 3 is 1.03 bits per heavy atom. The van der Waals surface area contributed by atoms with Crippen LogP contribution in [-0.4, -0.2) is 69.2 Å². The van der Waals surface area contributed by atoms with E-state index < -0.39 is 70.5 Å². The molecule has 0 radical (unpaired) electrons. The van der Waals surface area contributed by atoms with Gasteiger partial charge in [-0.25, -0.2) is 4.39 Å². The van der Waals surface area contributed by atoms with E-state index in [0.717, 1.165) is 0 Å². The molecule has 0 amide bonds. The first-order valence-electron chi connectivity index (χ1n) is 7.30. The third kappa shape index (κ3) is 4.40. The SMILES string of the molecule is OCC(I)CC(F)(F)C(F)(F)C(F)(F)C(F)(F)C(F)(F)C(F)(F)C(F)(C(F)(F)F)C(F)(F)F. The van der Waals surface area contributed by atoms with Crippen molar-refractivity contribution in [3.63, 3.8) is 0 Å². The van der Waals surface area contributed by atoms with Gasteiger partial charge in [0.05, 0.1) is 6.61 Å². The molecule has 0 heterocycles. The molecule has 0 aromatic rings. The van der Waals surface area contributed by atoms with Gasteiger partial charge < -0.3 is 5.11 Å². The normalized spacial score (nSPS) is 17.4. The molecule has 0 rings (SSSR count). The van der Waals surface area contributed by atoms with E-state index in [0.29, 0.717) is 22.6 Å². The molecular weight excluding hydrogens is 648 g/mol. The summed E-state index contributed by atoms with van der Waals surface area (Å²) in [6.45, 7) is -1.57. The first-order valence-corrected chi connectivity index (χ1v) is 8.54. The molecule has 0 saturated carbocycles. The average molecular weight is 654 g/mol. The fourth-order valence-electron chi connectivity index (χ4n) is 2.03. The van der Waals surface area contributed by atoms with E-state index in [1.54, 1.807) is 0 Å². The van der Waals surface area contributed by atoms with Crippen molar-refractivity contribution >= 4 is 22.6 Å². The number of alkyl halides is 20. The summed E-state index contributed by atoms with van der Waals surface area (Å²) in [6.07, 6.45) is -19.3. The predicted molar refractivity (Wildman–Crippen MR) is 75.1 cm³/mol.